The molecule has 1 N–H and O–H groups in total. The van der Waals surface area contributed by atoms with Crippen molar-refractivity contribution in [1.29, 1.82) is 0 Å². The molecule has 0 spiro atoms. The van der Waals surface area contributed by atoms with Crippen LogP contribution in [0, 0.1) is 6.92 Å². The molecule has 3 aromatic rings. The summed E-state index contributed by atoms with van der Waals surface area (Å²) in [6, 6.07) is 7.67. The number of ether oxygens (including phenoxy) is 1. The number of hydrogen-bond donors (Lipinski definition) is 1. The summed E-state index contributed by atoms with van der Waals surface area (Å²) in [5, 5.41) is 0. The van der Waals surface area contributed by atoms with E-state index >= 15 is 0 Å². The number of fused-ring (bicyclic) bond motifs is 1. The van der Waals surface area contributed by atoms with Crippen LogP contribution in [0.5, 0.6) is 5.88 Å². The van der Waals surface area contributed by atoms with Crippen LogP contribution in [0.15, 0.2) is 30.5 Å². The average molecular weight is 254 g/mol. The molecular weight excluding hydrogens is 240 g/mol. The Labute approximate surface area is 110 Å². The van der Waals surface area contributed by atoms with Gasteiger partial charge in [-0.1, -0.05) is 6.07 Å². The predicted octanol–water partition coefficient (Wildman–Crippen LogP) is 2.73. The van der Waals surface area contributed by atoms with E-state index in [1.807, 2.05) is 38.1 Å². The number of imidazole rings is 1. The van der Waals surface area contributed by atoms with E-state index in [0.717, 1.165) is 22.6 Å². The minimum absolute atomic E-state index is 0.589. The summed E-state index contributed by atoms with van der Waals surface area (Å²) in [5.74, 6) is 1.32. The van der Waals surface area contributed by atoms with Gasteiger partial charge in [0, 0.05) is 12.3 Å². The second-order valence-electron chi connectivity index (χ2n) is 4.21. The zero-order valence-corrected chi connectivity index (χ0v) is 10.8. The van der Waals surface area contributed by atoms with E-state index in [1.165, 1.54) is 0 Å². The molecule has 0 saturated carbocycles. The summed E-state index contributed by atoms with van der Waals surface area (Å²) in [7, 11) is 0. The third-order valence-electron chi connectivity index (χ3n) is 2.85. The topological polar surface area (TPSA) is 63.7 Å². The molecule has 0 atom stereocenters. The predicted molar refractivity (Wildman–Crippen MR) is 73.0 cm³/mol. The lowest BCUT2D eigenvalue weighted by atomic mass is 10.2. The van der Waals surface area contributed by atoms with Crippen LogP contribution >= 0.6 is 0 Å². The molecular formula is C14H14N4O. The Balaban J connectivity index is 2.09. The van der Waals surface area contributed by atoms with Gasteiger partial charge in [0.15, 0.2) is 11.5 Å². The molecule has 5 nitrogen and oxygen atoms in total. The van der Waals surface area contributed by atoms with Crippen molar-refractivity contribution in [1.82, 2.24) is 19.9 Å². The van der Waals surface area contributed by atoms with Gasteiger partial charge in [0.05, 0.1) is 12.1 Å². The normalized spacial score (nSPS) is 10.8. The second-order valence-corrected chi connectivity index (χ2v) is 4.21. The molecule has 0 bridgehead atoms. The number of pyridine rings is 2. The summed E-state index contributed by atoms with van der Waals surface area (Å²) in [6.07, 6.45) is 1.76. The molecule has 0 unspecified atom stereocenters. The maximum atomic E-state index is 5.37. The number of aromatic amines is 1. The second kappa shape index (κ2) is 4.68. The number of aromatic nitrogens is 4. The van der Waals surface area contributed by atoms with Crippen LogP contribution in [-0.4, -0.2) is 26.5 Å². The number of rotatable bonds is 3. The van der Waals surface area contributed by atoms with Crippen molar-refractivity contribution in [2.45, 2.75) is 13.8 Å². The summed E-state index contributed by atoms with van der Waals surface area (Å²) in [6.45, 7) is 4.53. The molecule has 3 aromatic heterocycles. The maximum absolute atomic E-state index is 5.37. The van der Waals surface area contributed by atoms with Crippen LogP contribution in [-0.2, 0) is 0 Å². The lowest BCUT2D eigenvalue weighted by molar-refractivity contribution is 0.328. The van der Waals surface area contributed by atoms with Gasteiger partial charge in [-0.05, 0) is 31.5 Å². The molecule has 96 valence electrons. The van der Waals surface area contributed by atoms with Crippen molar-refractivity contribution in [3.63, 3.8) is 0 Å². The lowest BCUT2D eigenvalue weighted by Crippen LogP contribution is -1.93. The number of aryl methyl sites for hydroxylation is 1. The van der Waals surface area contributed by atoms with E-state index in [1.54, 1.807) is 6.20 Å². The third kappa shape index (κ3) is 2.14. The van der Waals surface area contributed by atoms with Gasteiger partial charge in [-0.3, -0.25) is 4.98 Å². The Hall–Kier alpha value is -2.43. The van der Waals surface area contributed by atoms with E-state index in [0.29, 0.717) is 18.1 Å². The Morgan fingerprint density at radius 1 is 1.21 bits per heavy atom. The fraction of sp³-hybridized carbons (Fsp3) is 0.214. The molecule has 3 rings (SSSR count). The molecule has 0 fully saturated rings. The quantitative estimate of drug-likeness (QED) is 0.780. The standard InChI is InChI=1S/C14H14N4O/c1-3-19-11-7-6-10-13(17-11)18-14(16-10)12-9(2)5-4-8-15-12/h4-8H,3H2,1-2H3,(H,16,17,18). The number of hydrogen-bond acceptors (Lipinski definition) is 4. The highest BCUT2D eigenvalue weighted by atomic mass is 16.5. The van der Waals surface area contributed by atoms with Crippen LogP contribution < -0.4 is 4.74 Å². The van der Waals surface area contributed by atoms with Gasteiger partial charge in [-0.25, -0.2) is 4.98 Å². The van der Waals surface area contributed by atoms with E-state index < -0.39 is 0 Å². The highest BCUT2D eigenvalue weighted by Gasteiger charge is 2.10. The maximum Gasteiger partial charge on any atom is 0.215 e. The van der Waals surface area contributed by atoms with Crippen molar-refractivity contribution < 1.29 is 4.74 Å². The van der Waals surface area contributed by atoms with E-state index in [-0.39, 0.29) is 0 Å². The van der Waals surface area contributed by atoms with Crippen LogP contribution in [0.4, 0.5) is 0 Å². The number of nitrogens with one attached hydrogen (secondary N) is 1. The minimum atomic E-state index is 0.589. The molecule has 0 amide bonds. The Bertz CT molecular complexity index is 720. The average Bonchev–Trinajstić information content (AvgIpc) is 2.82. The highest BCUT2D eigenvalue weighted by molar-refractivity contribution is 5.76. The van der Waals surface area contributed by atoms with E-state index in [2.05, 4.69) is 19.9 Å². The fourth-order valence-corrected chi connectivity index (χ4v) is 1.95. The molecule has 3 heterocycles. The first kappa shape index (κ1) is 11.6. The number of H-pyrrole nitrogens is 1. The van der Waals surface area contributed by atoms with Gasteiger partial charge in [-0.15, -0.1) is 0 Å². The van der Waals surface area contributed by atoms with Gasteiger partial charge in [0.25, 0.3) is 0 Å². The largest absolute Gasteiger partial charge is 0.478 e. The molecule has 0 saturated heterocycles. The van der Waals surface area contributed by atoms with Gasteiger partial charge in [0.2, 0.25) is 5.88 Å². The van der Waals surface area contributed by atoms with Gasteiger partial charge in [0.1, 0.15) is 5.69 Å². The zero-order valence-electron chi connectivity index (χ0n) is 10.8. The molecule has 0 aromatic carbocycles. The van der Waals surface area contributed by atoms with E-state index in [4.69, 9.17) is 4.74 Å². The third-order valence-corrected chi connectivity index (χ3v) is 2.85. The van der Waals surface area contributed by atoms with Gasteiger partial charge >= 0.3 is 0 Å². The van der Waals surface area contributed by atoms with E-state index in [9.17, 15) is 0 Å². The minimum Gasteiger partial charge on any atom is -0.478 e. The fourth-order valence-electron chi connectivity index (χ4n) is 1.95. The Morgan fingerprint density at radius 2 is 2.11 bits per heavy atom. The summed E-state index contributed by atoms with van der Waals surface area (Å²) in [4.78, 5) is 16.4. The molecule has 5 heteroatoms. The SMILES string of the molecule is CCOc1ccc2[nH]c(-c3ncccc3C)nc2n1. The van der Waals surface area contributed by atoms with Crippen LogP contribution in [0.2, 0.25) is 0 Å². The van der Waals surface area contributed by atoms with Crippen LogP contribution in [0.25, 0.3) is 22.7 Å². The van der Waals surface area contributed by atoms with Crippen molar-refractivity contribution in [3.05, 3.63) is 36.0 Å². The number of nitrogens with zero attached hydrogens (tertiary/aromatic N) is 3. The van der Waals surface area contributed by atoms with Crippen LogP contribution in [0.1, 0.15) is 12.5 Å². The van der Waals surface area contributed by atoms with Crippen molar-refractivity contribution in [2.24, 2.45) is 0 Å². The highest BCUT2D eigenvalue weighted by Crippen LogP contribution is 2.21. The van der Waals surface area contributed by atoms with Crippen molar-refractivity contribution >= 4 is 11.2 Å². The van der Waals surface area contributed by atoms with Gasteiger partial charge < -0.3 is 9.72 Å². The van der Waals surface area contributed by atoms with Crippen molar-refractivity contribution in [3.8, 4) is 17.4 Å². The zero-order chi connectivity index (χ0) is 13.2. The molecule has 0 aliphatic rings. The summed E-state index contributed by atoms with van der Waals surface area (Å²) >= 11 is 0. The summed E-state index contributed by atoms with van der Waals surface area (Å²) in [5.41, 5.74) is 3.44. The Morgan fingerprint density at radius 3 is 2.89 bits per heavy atom. The molecule has 0 aliphatic carbocycles. The molecule has 0 radical (unpaired) electrons. The first-order chi connectivity index (χ1) is 9.28. The molecule has 19 heavy (non-hydrogen) atoms. The van der Waals surface area contributed by atoms with Crippen molar-refractivity contribution in [2.75, 3.05) is 6.61 Å². The van der Waals surface area contributed by atoms with Crippen LogP contribution in [0.3, 0.4) is 0 Å². The first-order valence-corrected chi connectivity index (χ1v) is 6.19. The van der Waals surface area contributed by atoms with Gasteiger partial charge in [-0.2, -0.15) is 4.98 Å². The smallest absolute Gasteiger partial charge is 0.215 e. The first-order valence-electron chi connectivity index (χ1n) is 6.19. The molecule has 0 aliphatic heterocycles. The monoisotopic (exact) mass is 254 g/mol. The lowest BCUT2D eigenvalue weighted by Gasteiger charge is -1.99. The summed E-state index contributed by atoms with van der Waals surface area (Å²) < 4.78 is 5.37. The Kier molecular flexibility index (Phi) is 2.87.